The fourth-order valence-corrected chi connectivity index (χ4v) is 6.18. The summed E-state index contributed by atoms with van der Waals surface area (Å²) in [5.41, 5.74) is 0.784. The summed E-state index contributed by atoms with van der Waals surface area (Å²) in [4.78, 5) is 28.8. The molecule has 1 aliphatic heterocycles. The fraction of sp³-hybridized carbons (Fsp3) is 0.655. The molecule has 0 spiro atoms. The number of carboxylic acids is 1. The van der Waals surface area contributed by atoms with Crippen molar-refractivity contribution in [2.24, 2.45) is 11.8 Å². The van der Waals surface area contributed by atoms with Crippen LogP contribution in [-0.4, -0.2) is 59.7 Å². The first-order chi connectivity index (χ1) is 17.6. The van der Waals surface area contributed by atoms with Crippen molar-refractivity contribution < 1.29 is 29.3 Å². The van der Waals surface area contributed by atoms with Gasteiger partial charge >= 0.3 is 5.97 Å². The van der Waals surface area contributed by atoms with Crippen molar-refractivity contribution in [3.05, 3.63) is 27.5 Å². The van der Waals surface area contributed by atoms with Gasteiger partial charge in [-0.1, -0.05) is 37.3 Å². The number of allylic oxidation sites excluding steroid dienone is 2. The molecule has 202 valence electrons. The molecule has 2 aliphatic carbocycles. The maximum atomic E-state index is 14.0. The largest absolute Gasteiger partial charge is 0.477 e. The number of ether oxygens (including phenoxy) is 2. The molecule has 0 bridgehead atoms. The average Bonchev–Trinajstić information content (AvgIpc) is 3.54. The van der Waals surface area contributed by atoms with Gasteiger partial charge in [-0.25, -0.2) is 4.79 Å². The summed E-state index contributed by atoms with van der Waals surface area (Å²) in [7, 11) is 0. The van der Waals surface area contributed by atoms with Crippen molar-refractivity contribution in [2.45, 2.75) is 89.9 Å². The molecule has 1 saturated carbocycles. The minimum atomic E-state index is -1.05. The summed E-state index contributed by atoms with van der Waals surface area (Å²) in [6.45, 7) is 7.56. The van der Waals surface area contributed by atoms with Crippen LogP contribution in [0.1, 0.15) is 86.7 Å². The molecule has 7 nitrogen and oxygen atoms in total. The Kier molecular flexibility index (Phi) is 9.12. The van der Waals surface area contributed by atoms with Crippen molar-refractivity contribution in [1.29, 1.82) is 0 Å². The number of aliphatic hydroxyl groups is 1. The van der Waals surface area contributed by atoms with E-state index >= 15 is 0 Å². The molecule has 2 heterocycles. The summed E-state index contributed by atoms with van der Waals surface area (Å²) in [5, 5.41) is 21.2. The second-order valence-corrected chi connectivity index (χ2v) is 12.1. The summed E-state index contributed by atoms with van der Waals surface area (Å²) in [5.74, 6) is 5.10. The van der Waals surface area contributed by atoms with Crippen molar-refractivity contribution in [3.8, 4) is 11.8 Å². The van der Waals surface area contributed by atoms with E-state index in [-0.39, 0.29) is 41.4 Å². The first-order valence-electron chi connectivity index (χ1n) is 13.4. The van der Waals surface area contributed by atoms with E-state index in [0.717, 1.165) is 30.6 Å². The molecule has 4 rings (SSSR count). The second-order valence-electron chi connectivity index (χ2n) is 11.0. The number of carboxylic acid groups (broad SMARTS) is 1. The number of anilines is 1. The SMILES string of the molecule is CC1=CC[C@H](C(=O)N(c2cc(C#CC(C)C)sc2C(=O)O)[C@H]2CC[C@](O)(CO[C@H]3CCOC3)CC2)CC1. The summed E-state index contributed by atoms with van der Waals surface area (Å²) >= 11 is 1.13. The lowest BCUT2D eigenvalue weighted by atomic mass is 9.81. The van der Waals surface area contributed by atoms with E-state index in [1.165, 1.54) is 5.57 Å². The number of aromatic carboxylic acids is 1. The molecule has 3 aliphatic rings. The molecular formula is C29H39NO6S. The Labute approximate surface area is 223 Å². The van der Waals surface area contributed by atoms with Gasteiger partial charge < -0.3 is 24.6 Å². The molecule has 1 aromatic heterocycles. The van der Waals surface area contributed by atoms with E-state index in [9.17, 15) is 19.8 Å². The number of rotatable bonds is 7. The van der Waals surface area contributed by atoms with Crippen LogP contribution in [0.25, 0.3) is 0 Å². The Morgan fingerprint density at radius 1 is 1.27 bits per heavy atom. The van der Waals surface area contributed by atoms with E-state index < -0.39 is 11.6 Å². The highest BCUT2D eigenvalue weighted by Gasteiger charge is 2.41. The molecule has 8 heteroatoms. The molecule has 0 unspecified atom stereocenters. The van der Waals surface area contributed by atoms with E-state index in [1.54, 1.807) is 11.0 Å². The van der Waals surface area contributed by atoms with Gasteiger partial charge in [0.15, 0.2) is 0 Å². The number of thiophene rings is 1. The lowest BCUT2D eigenvalue weighted by Crippen LogP contribution is -2.50. The smallest absolute Gasteiger partial charge is 0.348 e. The first-order valence-corrected chi connectivity index (χ1v) is 14.3. The molecule has 1 aromatic rings. The predicted octanol–water partition coefficient (Wildman–Crippen LogP) is 5.01. The van der Waals surface area contributed by atoms with Crippen LogP contribution in [0.15, 0.2) is 17.7 Å². The number of nitrogens with zero attached hydrogens (tertiary/aromatic N) is 1. The van der Waals surface area contributed by atoms with Gasteiger partial charge in [0, 0.05) is 24.5 Å². The van der Waals surface area contributed by atoms with Gasteiger partial charge in [0.25, 0.3) is 0 Å². The quantitative estimate of drug-likeness (QED) is 0.381. The van der Waals surface area contributed by atoms with Gasteiger partial charge in [-0.05, 0) is 64.4 Å². The van der Waals surface area contributed by atoms with Crippen LogP contribution in [0, 0.1) is 23.7 Å². The lowest BCUT2D eigenvalue weighted by Gasteiger charge is -2.42. The average molecular weight is 530 g/mol. The molecule has 1 amide bonds. The predicted molar refractivity (Wildman–Crippen MR) is 144 cm³/mol. The minimum Gasteiger partial charge on any atom is -0.477 e. The molecular weight excluding hydrogens is 490 g/mol. The number of amides is 1. The third kappa shape index (κ3) is 7.02. The molecule has 2 N–H and O–H groups in total. The minimum absolute atomic E-state index is 0.0249. The summed E-state index contributed by atoms with van der Waals surface area (Å²) in [6.07, 6.45) is 7.44. The van der Waals surface area contributed by atoms with Gasteiger partial charge in [-0.3, -0.25) is 4.79 Å². The molecule has 2 atom stereocenters. The van der Waals surface area contributed by atoms with E-state index in [4.69, 9.17) is 9.47 Å². The van der Waals surface area contributed by atoms with Crippen LogP contribution >= 0.6 is 11.3 Å². The van der Waals surface area contributed by atoms with E-state index in [0.29, 0.717) is 55.9 Å². The number of hydrogen-bond acceptors (Lipinski definition) is 6. The summed E-state index contributed by atoms with van der Waals surface area (Å²) in [6, 6.07) is 1.59. The van der Waals surface area contributed by atoms with Gasteiger partial charge in [0.1, 0.15) is 4.88 Å². The maximum Gasteiger partial charge on any atom is 0.348 e. The zero-order valence-corrected chi connectivity index (χ0v) is 22.9. The third-order valence-corrected chi connectivity index (χ3v) is 8.63. The normalized spacial score (nSPS) is 27.9. The van der Waals surface area contributed by atoms with Gasteiger partial charge in [0.2, 0.25) is 5.91 Å². The van der Waals surface area contributed by atoms with E-state index in [2.05, 4.69) is 24.8 Å². The molecule has 1 saturated heterocycles. The Balaban J connectivity index is 1.58. The number of carbonyl (C=O) groups is 2. The Bertz CT molecular complexity index is 1070. The summed E-state index contributed by atoms with van der Waals surface area (Å²) < 4.78 is 11.3. The van der Waals surface area contributed by atoms with Crippen molar-refractivity contribution in [3.63, 3.8) is 0 Å². The van der Waals surface area contributed by atoms with Gasteiger partial charge in [0.05, 0.1) is 35.5 Å². The van der Waals surface area contributed by atoms with Crippen LogP contribution < -0.4 is 4.90 Å². The highest BCUT2D eigenvalue weighted by Crippen LogP contribution is 2.40. The maximum absolute atomic E-state index is 14.0. The van der Waals surface area contributed by atoms with Crippen molar-refractivity contribution >= 4 is 28.9 Å². The monoisotopic (exact) mass is 529 g/mol. The zero-order chi connectivity index (χ0) is 26.6. The standard InChI is InChI=1S/C29H39NO6S/c1-19(2)4-9-24-16-25(26(37-24)28(32)33)30(27(31)21-7-5-20(3)6-8-21)22-10-13-29(34,14-11-22)18-36-23-12-15-35-17-23/h5,16,19,21-23,34H,6-8,10-15,17-18H2,1-3H3,(H,32,33)/t21-,22-,23-,29+/m0/s1. The van der Waals surface area contributed by atoms with Crippen LogP contribution in [0.2, 0.25) is 0 Å². The van der Waals surface area contributed by atoms with Crippen LogP contribution in [0.3, 0.4) is 0 Å². The topological polar surface area (TPSA) is 96.3 Å². The highest BCUT2D eigenvalue weighted by molar-refractivity contribution is 7.15. The van der Waals surface area contributed by atoms with Crippen molar-refractivity contribution in [2.75, 3.05) is 24.7 Å². The first kappa shape index (κ1) is 27.8. The Morgan fingerprint density at radius 2 is 2.03 bits per heavy atom. The second kappa shape index (κ2) is 12.1. The molecule has 0 radical (unpaired) electrons. The fourth-order valence-electron chi connectivity index (χ4n) is 5.33. The van der Waals surface area contributed by atoms with Crippen LogP contribution in [0.5, 0.6) is 0 Å². The van der Waals surface area contributed by atoms with Crippen LogP contribution in [-0.2, 0) is 14.3 Å². The van der Waals surface area contributed by atoms with E-state index in [1.807, 2.05) is 13.8 Å². The highest BCUT2D eigenvalue weighted by atomic mass is 32.1. The molecule has 0 aromatic carbocycles. The Morgan fingerprint density at radius 3 is 2.62 bits per heavy atom. The Hall–Kier alpha value is -2.18. The molecule has 37 heavy (non-hydrogen) atoms. The number of carbonyl (C=O) groups excluding carboxylic acids is 1. The third-order valence-electron chi connectivity index (χ3n) is 7.60. The van der Waals surface area contributed by atoms with Gasteiger partial charge in [-0.15, -0.1) is 11.3 Å². The molecule has 2 fully saturated rings. The zero-order valence-electron chi connectivity index (χ0n) is 22.1. The lowest BCUT2D eigenvalue weighted by molar-refractivity contribution is -0.124. The van der Waals surface area contributed by atoms with Crippen LogP contribution in [0.4, 0.5) is 5.69 Å². The van der Waals surface area contributed by atoms with Crippen molar-refractivity contribution in [1.82, 2.24) is 0 Å². The number of hydrogen-bond donors (Lipinski definition) is 2. The van der Waals surface area contributed by atoms with Gasteiger partial charge in [-0.2, -0.15) is 0 Å².